The molecule has 0 spiro atoms. The van der Waals surface area contributed by atoms with E-state index >= 15 is 0 Å². The summed E-state index contributed by atoms with van der Waals surface area (Å²) in [6.07, 6.45) is -3.36. The fraction of sp³-hybridized carbons (Fsp3) is 0.0667. The Morgan fingerprint density at radius 1 is 0.955 bits per heavy atom. The molecule has 2 aromatic carbocycles. The highest BCUT2D eigenvalue weighted by atomic mass is 79.9. The summed E-state index contributed by atoms with van der Waals surface area (Å²) >= 11 is 3.27. The molecular weight excluding hydrogens is 354 g/mol. The summed E-state index contributed by atoms with van der Waals surface area (Å²) in [6.45, 7) is 0. The lowest BCUT2D eigenvalue weighted by Gasteiger charge is -2.16. The predicted molar refractivity (Wildman–Crippen MR) is 81.1 cm³/mol. The van der Waals surface area contributed by atoms with Gasteiger partial charge in [-0.15, -0.1) is 0 Å². The Balaban J connectivity index is 2.04. The van der Waals surface area contributed by atoms with E-state index in [2.05, 4.69) is 15.9 Å². The van der Waals surface area contributed by atoms with Gasteiger partial charge in [0.15, 0.2) is 0 Å². The maximum absolute atomic E-state index is 11.8. The Labute approximate surface area is 134 Å². The molecule has 6 nitrogen and oxygen atoms in total. The lowest BCUT2D eigenvalue weighted by molar-refractivity contribution is -0.0748. The predicted octanol–water partition coefficient (Wildman–Crippen LogP) is 3.76. The SMILES string of the molecule is NC(=O)OC(OC(=O)Oc1ccc(Br)cc1)c1ccccc1. The van der Waals surface area contributed by atoms with Gasteiger partial charge >= 0.3 is 12.2 Å². The molecule has 0 radical (unpaired) electrons. The van der Waals surface area contributed by atoms with Gasteiger partial charge in [0.25, 0.3) is 6.29 Å². The van der Waals surface area contributed by atoms with Crippen molar-refractivity contribution in [2.24, 2.45) is 5.73 Å². The van der Waals surface area contributed by atoms with Gasteiger partial charge in [-0.1, -0.05) is 46.3 Å². The summed E-state index contributed by atoms with van der Waals surface area (Å²) in [7, 11) is 0. The van der Waals surface area contributed by atoms with E-state index < -0.39 is 18.5 Å². The van der Waals surface area contributed by atoms with Crippen molar-refractivity contribution in [1.29, 1.82) is 0 Å². The Bertz CT molecular complexity index is 645. The fourth-order valence-electron chi connectivity index (χ4n) is 1.59. The largest absolute Gasteiger partial charge is 0.517 e. The van der Waals surface area contributed by atoms with E-state index in [4.69, 9.17) is 19.9 Å². The van der Waals surface area contributed by atoms with Gasteiger partial charge in [-0.2, -0.15) is 0 Å². The molecule has 1 unspecified atom stereocenters. The lowest BCUT2D eigenvalue weighted by atomic mass is 10.2. The van der Waals surface area contributed by atoms with Crippen molar-refractivity contribution in [1.82, 2.24) is 0 Å². The second-order valence-electron chi connectivity index (χ2n) is 4.10. The second-order valence-corrected chi connectivity index (χ2v) is 5.02. The standard InChI is InChI=1S/C15H12BrNO5/c16-11-6-8-12(9-7-11)20-15(19)22-13(21-14(17)18)10-4-2-1-3-5-10/h1-9,13H,(H2,17,18). The molecule has 2 N–H and O–H groups in total. The van der Waals surface area contributed by atoms with Crippen molar-refractivity contribution in [3.05, 3.63) is 64.6 Å². The number of nitrogens with two attached hydrogens (primary N) is 1. The zero-order valence-electron chi connectivity index (χ0n) is 11.3. The minimum atomic E-state index is -1.28. The van der Waals surface area contributed by atoms with E-state index in [0.717, 1.165) is 4.47 Å². The maximum atomic E-state index is 11.8. The van der Waals surface area contributed by atoms with Crippen molar-refractivity contribution >= 4 is 28.2 Å². The Morgan fingerprint density at radius 3 is 2.18 bits per heavy atom. The number of carbonyl (C=O) groups excluding carboxylic acids is 2. The number of ether oxygens (including phenoxy) is 3. The first-order valence-electron chi connectivity index (χ1n) is 6.19. The van der Waals surface area contributed by atoms with Crippen molar-refractivity contribution in [3.8, 4) is 5.75 Å². The molecule has 114 valence electrons. The van der Waals surface area contributed by atoms with E-state index in [0.29, 0.717) is 11.3 Å². The molecule has 1 atom stereocenters. The van der Waals surface area contributed by atoms with Crippen molar-refractivity contribution < 1.29 is 23.8 Å². The van der Waals surface area contributed by atoms with E-state index in [-0.39, 0.29) is 0 Å². The third-order valence-corrected chi connectivity index (χ3v) is 3.04. The van der Waals surface area contributed by atoms with Crippen LogP contribution >= 0.6 is 15.9 Å². The van der Waals surface area contributed by atoms with Crippen LogP contribution in [0.1, 0.15) is 11.9 Å². The van der Waals surface area contributed by atoms with Crippen LogP contribution in [-0.2, 0) is 9.47 Å². The summed E-state index contributed by atoms with van der Waals surface area (Å²) < 4.78 is 15.6. The Kier molecular flexibility index (Phi) is 5.37. The van der Waals surface area contributed by atoms with E-state index in [9.17, 15) is 9.59 Å². The zero-order valence-corrected chi connectivity index (χ0v) is 12.9. The zero-order chi connectivity index (χ0) is 15.9. The molecule has 2 rings (SSSR count). The number of hydrogen-bond acceptors (Lipinski definition) is 5. The van der Waals surface area contributed by atoms with Gasteiger partial charge in [0.05, 0.1) is 0 Å². The molecule has 0 fully saturated rings. The monoisotopic (exact) mass is 365 g/mol. The highest BCUT2D eigenvalue weighted by Gasteiger charge is 2.21. The number of carbonyl (C=O) groups is 2. The molecule has 22 heavy (non-hydrogen) atoms. The fourth-order valence-corrected chi connectivity index (χ4v) is 1.85. The molecule has 0 aliphatic heterocycles. The average Bonchev–Trinajstić information content (AvgIpc) is 2.49. The summed E-state index contributed by atoms with van der Waals surface area (Å²) in [6, 6.07) is 15.0. The van der Waals surface area contributed by atoms with Crippen molar-refractivity contribution in [2.45, 2.75) is 6.29 Å². The first kappa shape index (κ1) is 15.8. The Morgan fingerprint density at radius 2 is 1.59 bits per heavy atom. The molecular formula is C15H12BrNO5. The van der Waals surface area contributed by atoms with Crippen LogP contribution in [0.5, 0.6) is 5.75 Å². The minimum Gasteiger partial charge on any atom is -0.404 e. The number of amides is 1. The number of rotatable bonds is 4. The molecule has 0 aliphatic carbocycles. The first-order valence-corrected chi connectivity index (χ1v) is 6.99. The van der Waals surface area contributed by atoms with Gasteiger partial charge < -0.3 is 19.9 Å². The third kappa shape index (κ3) is 4.78. The van der Waals surface area contributed by atoms with Gasteiger partial charge in [-0.05, 0) is 24.3 Å². The van der Waals surface area contributed by atoms with Gasteiger partial charge in [-0.3, -0.25) is 0 Å². The highest BCUT2D eigenvalue weighted by molar-refractivity contribution is 9.10. The summed E-state index contributed by atoms with van der Waals surface area (Å²) in [5.74, 6) is 0.291. The molecule has 7 heteroatoms. The highest BCUT2D eigenvalue weighted by Crippen LogP contribution is 2.21. The van der Waals surface area contributed by atoms with Gasteiger partial charge in [0.1, 0.15) is 5.75 Å². The molecule has 0 saturated carbocycles. The topological polar surface area (TPSA) is 87.9 Å². The summed E-state index contributed by atoms with van der Waals surface area (Å²) in [4.78, 5) is 22.7. The normalized spacial score (nSPS) is 11.3. The summed E-state index contributed by atoms with van der Waals surface area (Å²) in [5, 5.41) is 0. The number of hydrogen-bond donors (Lipinski definition) is 1. The van der Waals surface area contributed by atoms with Gasteiger partial charge in [0, 0.05) is 10.0 Å². The number of benzene rings is 2. The van der Waals surface area contributed by atoms with Crippen LogP contribution in [0.2, 0.25) is 0 Å². The molecule has 0 aromatic heterocycles. The third-order valence-electron chi connectivity index (χ3n) is 2.51. The van der Waals surface area contributed by atoms with Gasteiger partial charge in [0.2, 0.25) is 0 Å². The maximum Gasteiger partial charge on any atom is 0.517 e. The molecule has 0 aliphatic rings. The average molecular weight is 366 g/mol. The van der Waals surface area contributed by atoms with Crippen LogP contribution in [0.3, 0.4) is 0 Å². The molecule has 2 aromatic rings. The minimum absolute atomic E-state index is 0.291. The molecule has 0 heterocycles. The number of primary amides is 1. The smallest absolute Gasteiger partial charge is 0.404 e. The first-order chi connectivity index (χ1) is 10.5. The van der Waals surface area contributed by atoms with Crippen LogP contribution < -0.4 is 10.5 Å². The Hall–Kier alpha value is -2.54. The van der Waals surface area contributed by atoms with E-state index in [1.165, 1.54) is 0 Å². The number of halogens is 1. The van der Waals surface area contributed by atoms with Crippen molar-refractivity contribution in [3.63, 3.8) is 0 Å². The quantitative estimate of drug-likeness (QED) is 0.506. The molecule has 0 bridgehead atoms. The van der Waals surface area contributed by atoms with Crippen LogP contribution in [0.15, 0.2) is 59.1 Å². The van der Waals surface area contributed by atoms with E-state index in [1.807, 2.05) is 0 Å². The van der Waals surface area contributed by atoms with Crippen molar-refractivity contribution in [2.75, 3.05) is 0 Å². The molecule has 1 amide bonds. The summed E-state index contributed by atoms with van der Waals surface area (Å²) in [5.41, 5.74) is 5.43. The van der Waals surface area contributed by atoms with Crippen LogP contribution in [0.4, 0.5) is 9.59 Å². The molecule has 0 saturated heterocycles. The van der Waals surface area contributed by atoms with Crippen LogP contribution in [0, 0.1) is 0 Å². The van der Waals surface area contributed by atoms with Crippen LogP contribution in [0.25, 0.3) is 0 Å². The van der Waals surface area contributed by atoms with E-state index in [1.54, 1.807) is 54.6 Å². The van der Waals surface area contributed by atoms with Crippen LogP contribution in [-0.4, -0.2) is 12.2 Å². The van der Waals surface area contributed by atoms with Gasteiger partial charge in [-0.25, -0.2) is 9.59 Å². The second kappa shape index (κ2) is 7.46. The lowest BCUT2D eigenvalue weighted by Crippen LogP contribution is -2.23.